The topological polar surface area (TPSA) is 50.2 Å². The van der Waals surface area contributed by atoms with Crippen molar-refractivity contribution in [1.29, 1.82) is 0 Å². The lowest BCUT2D eigenvalue weighted by molar-refractivity contribution is -0.141. The van der Waals surface area contributed by atoms with Crippen LogP contribution in [0, 0.1) is 19.8 Å². The molecule has 1 N–H and O–H groups in total. The number of benzene rings is 1. The fourth-order valence-corrected chi connectivity index (χ4v) is 3.00. The van der Waals surface area contributed by atoms with Crippen molar-refractivity contribution in [2.45, 2.75) is 26.7 Å². The van der Waals surface area contributed by atoms with Crippen molar-refractivity contribution in [2.24, 2.45) is 5.92 Å². The van der Waals surface area contributed by atoms with Crippen LogP contribution < -0.4 is 0 Å². The van der Waals surface area contributed by atoms with E-state index in [2.05, 4.69) is 4.98 Å². The Morgan fingerprint density at radius 2 is 1.95 bits per heavy atom. The fourth-order valence-electron chi connectivity index (χ4n) is 1.98. The van der Waals surface area contributed by atoms with Gasteiger partial charge in [0.2, 0.25) is 0 Å². The molecule has 1 atom stereocenters. The van der Waals surface area contributed by atoms with E-state index in [9.17, 15) is 9.90 Å². The minimum Gasteiger partial charge on any atom is -0.481 e. The standard InChI is InChI=1S/C15H17NO2S/c1-10-11(2)19-14(16-10)9-13(15(17)18)8-12-6-4-3-5-7-12/h3-7,13H,8-9H2,1-2H3,(H,17,18). The molecule has 0 spiro atoms. The number of carbonyl (C=O) groups is 1. The molecule has 0 bridgehead atoms. The number of hydrogen-bond donors (Lipinski definition) is 1. The molecule has 0 aliphatic heterocycles. The Labute approximate surface area is 116 Å². The second-order valence-corrected chi connectivity index (χ2v) is 5.97. The van der Waals surface area contributed by atoms with Gasteiger partial charge in [0.15, 0.2) is 0 Å². The lowest BCUT2D eigenvalue weighted by Gasteiger charge is -2.10. The highest BCUT2D eigenvalue weighted by Crippen LogP contribution is 2.21. The second-order valence-electron chi connectivity index (χ2n) is 4.68. The Morgan fingerprint density at radius 3 is 2.47 bits per heavy atom. The van der Waals surface area contributed by atoms with Crippen molar-refractivity contribution >= 4 is 17.3 Å². The predicted molar refractivity (Wildman–Crippen MR) is 76.6 cm³/mol. The van der Waals surface area contributed by atoms with E-state index in [0.717, 1.165) is 16.3 Å². The number of thiazole rings is 1. The molecule has 0 fully saturated rings. The van der Waals surface area contributed by atoms with E-state index in [0.29, 0.717) is 12.8 Å². The smallest absolute Gasteiger partial charge is 0.307 e. The van der Waals surface area contributed by atoms with Gasteiger partial charge in [0.05, 0.1) is 16.6 Å². The largest absolute Gasteiger partial charge is 0.481 e. The number of aromatic nitrogens is 1. The quantitative estimate of drug-likeness (QED) is 0.911. The van der Waals surface area contributed by atoms with Crippen LogP contribution in [0.25, 0.3) is 0 Å². The molecule has 1 unspecified atom stereocenters. The Bertz CT molecular complexity index is 543. The molecule has 0 saturated heterocycles. The van der Waals surface area contributed by atoms with Gasteiger partial charge in [-0.1, -0.05) is 30.3 Å². The molecule has 2 aromatic rings. The third-order valence-corrected chi connectivity index (χ3v) is 4.26. The van der Waals surface area contributed by atoms with Crippen molar-refractivity contribution in [3.63, 3.8) is 0 Å². The third kappa shape index (κ3) is 3.64. The minimum absolute atomic E-state index is 0.410. The molecule has 100 valence electrons. The first-order valence-electron chi connectivity index (χ1n) is 6.26. The Kier molecular flexibility index (Phi) is 4.32. The lowest BCUT2D eigenvalue weighted by atomic mass is 9.96. The van der Waals surface area contributed by atoms with Crippen LogP contribution in [0.1, 0.15) is 21.1 Å². The molecule has 0 saturated carbocycles. The van der Waals surface area contributed by atoms with Gasteiger partial charge in [0.25, 0.3) is 0 Å². The van der Waals surface area contributed by atoms with Gasteiger partial charge < -0.3 is 5.11 Å². The Hall–Kier alpha value is -1.68. The third-order valence-electron chi connectivity index (χ3n) is 3.17. The van der Waals surface area contributed by atoms with Crippen LogP contribution in [0.2, 0.25) is 0 Å². The minimum atomic E-state index is -0.755. The first-order chi connectivity index (χ1) is 9.06. The van der Waals surface area contributed by atoms with E-state index in [4.69, 9.17) is 0 Å². The zero-order chi connectivity index (χ0) is 13.8. The number of carboxylic acids is 1. The molecule has 1 heterocycles. The highest BCUT2D eigenvalue weighted by atomic mass is 32.1. The van der Waals surface area contributed by atoms with Crippen LogP contribution in [0.5, 0.6) is 0 Å². The Balaban J connectivity index is 2.10. The van der Waals surface area contributed by atoms with Gasteiger partial charge in [-0.2, -0.15) is 0 Å². The average molecular weight is 275 g/mol. The maximum Gasteiger partial charge on any atom is 0.307 e. The van der Waals surface area contributed by atoms with Crippen LogP contribution in [0.4, 0.5) is 0 Å². The van der Waals surface area contributed by atoms with Crippen molar-refractivity contribution in [3.05, 3.63) is 51.5 Å². The van der Waals surface area contributed by atoms with E-state index >= 15 is 0 Å². The zero-order valence-corrected chi connectivity index (χ0v) is 11.9. The first-order valence-corrected chi connectivity index (χ1v) is 7.07. The predicted octanol–water partition coefficient (Wildman–Crippen LogP) is 3.25. The van der Waals surface area contributed by atoms with Crippen LogP contribution in [0.3, 0.4) is 0 Å². The van der Waals surface area contributed by atoms with Crippen molar-refractivity contribution in [3.8, 4) is 0 Å². The monoisotopic (exact) mass is 275 g/mol. The van der Waals surface area contributed by atoms with Crippen LogP contribution >= 0.6 is 11.3 Å². The van der Waals surface area contributed by atoms with Gasteiger partial charge >= 0.3 is 5.97 Å². The lowest BCUT2D eigenvalue weighted by Crippen LogP contribution is -2.19. The molecule has 3 nitrogen and oxygen atoms in total. The highest BCUT2D eigenvalue weighted by Gasteiger charge is 2.20. The fraction of sp³-hybridized carbons (Fsp3) is 0.333. The highest BCUT2D eigenvalue weighted by molar-refractivity contribution is 7.11. The number of aryl methyl sites for hydroxylation is 2. The average Bonchev–Trinajstić information content (AvgIpc) is 2.69. The van der Waals surface area contributed by atoms with Crippen molar-refractivity contribution in [2.75, 3.05) is 0 Å². The molecule has 19 heavy (non-hydrogen) atoms. The van der Waals surface area contributed by atoms with Crippen molar-refractivity contribution in [1.82, 2.24) is 4.98 Å². The molecule has 4 heteroatoms. The van der Waals surface area contributed by atoms with E-state index in [1.165, 1.54) is 4.88 Å². The van der Waals surface area contributed by atoms with Gasteiger partial charge in [0, 0.05) is 11.3 Å². The van der Waals surface area contributed by atoms with Gasteiger partial charge in [-0.3, -0.25) is 4.79 Å². The van der Waals surface area contributed by atoms with Crippen molar-refractivity contribution < 1.29 is 9.90 Å². The summed E-state index contributed by atoms with van der Waals surface area (Å²) in [5, 5.41) is 10.3. The van der Waals surface area contributed by atoms with Crippen LogP contribution in [-0.2, 0) is 17.6 Å². The summed E-state index contributed by atoms with van der Waals surface area (Å²) in [4.78, 5) is 17.0. The Morgan fingerprint density at radius 1 is 1.26 bits per heavy atom. The van der Waals surface area contributed by atoms with E-state index in [1.807, 2.05) is 44.2 Å². The molecule has 0 radical (unpaired) electrons. The molecular weight excluding hydrogens is 258 g/mol. The van der Waals surface area contributed by atoms with E-state index in [-0.39, 0.29) is 0 Å². The van der Waals surface area contributed by atoms with Crippen LogP contribution in [-0.4, -0.2) is 16.1 Å². The summed E-state index contributed by atoms with van der Waals surface area (Å²) in [7, 11) is 0. The summed E-state index contributed by atoms with van der Waals surface area (Å²) in [5.41, 5.74) is 2.06. The number of hydrogen-bond acceptors (Lipinski definition) is 3. The summed E-state index contributed by atoms with van der Waals surface area (Å²) < 4.78 is 0. The summed E-state index contributed by atoms with van der Waals surface area (Å²) in [6.45, 7) is 3.98. The SMILES string of the molecule is Cc1nc(CC(Cc2ccccc2)C(=O)O)sc1C. The van der Waals surface area contributed by atoms with Gasteiger partial charge in [-0.25, -0.2) is 4.98 Å². The van der Waals surface area contributed by atoms with Gasteiger partial charge in [0.1, 0.15) is 0 Å². The van der Waals surface area contributed by atoms with Gasteiger partial charge in [-0.15, -0.1) is 11.3 Å². The molecule has 2 rings (SSSR count). The maximum absolute atomic E-state index is 11.4. The normalized spacial score (nSPS) is 12.3. The number of aliphatic carboxylic acids is 1. The summed E-state index contributed by atoms with van der Waals surface area (Å²) in [6.07, 6.45) is 1.05. The second kappa shape index (κ2) is 5.97. The molecular formula is C15H17NO2S. The number of nitrogens with zero attached hydrogens (tertiary/aromatic N) is 1. The summed E-state index contributed by atoms with van der Waals surface area (Å²) in [6, 6.07) is 9.74. The summed E-state index contributed by atoms with van der Waals surface area (Å²) in [5.74, 6) is -1.17. The molecule has 1 aromatic heterocycles. The molecule has 0 aliphatic rings. The van der Waals surface area contributed by atoms with E-state index < -0.39 is 11.9 Å². The summed E-state index contributed by atoms with van der Waals surface area (Å²) >= 11 is 1.60. The van der Waals surface area contributed by atoms with E-state index in [1.54, 1.807) is 11.3 Å². The molecule has 0 amide bonds. The maximum atomic E-state index is 11.4. The first kappa shape index (κ1) is 13.7. The molecule has 1 aromatic carbocycles. The number of rotatable bonds is 5. The molecule has 0 aliphatic carbocycles. The van der Waals surface area contributed by atoms with Crippen LogP contribution in [0.15, 0.2) is 30.3 Å². The van der Waals surface area contributed by atoms with Gasteiger partial charge in [-0.05, 0) is 25.8 Å². The zero-order valence-electron chi connectivity index (χ0n) is 11.1. The number of carboxylic acid groups (broad SMARTS) is 1.